The van der Waals surface area contributed by atoms with Crippen molar-refractivity contribution in [2.75, 3.05) is 20.3 Å². The van der Waals surface area contributed by atoms with E-state index in [1.165, 1.54) is 13.2 Å². The summed E-state index contributed by atoms with van der Waals surface area (Å²) in [7, 11) is 1.40. The van der Waals surface area contributed by atoms with Crippen molar-refractivity contribution in [3.8, 4) is 0 Å². The molecule has 0 saturated carbocycles. The Morgan fingerprint density at radius 1 is 1.11 bits per heavy atom. The summed E-state index contributed by atoms with van der Waals surface area (Å²) in [5, 5.41) is 11.8. The number of carbonyl (C=O) groups is 4. The zero-order chi connectivity index (χ0) is 26.3. The largest absolute Gasteiger partial charge is 0.382 e. The fourth-order valence-electron chi connectivity index (χ4n) is 3.59. The summed E-state index contributed by atoms with van der Waals surface area (Å²) in [6.45, 7) is 11.2. The van der Waals surface area contributed by atoms with Crippen molar-refractivity contribution in [1.82, 2.24) is 21.1 Å². The smallest absolute Gasteiger partial charge is 0.274 e. The highest BCUT2D eigenvalue weighted by molar-refractivity contribution is 5.99. The number of nitrogens with zero attached hydrogens (tertiary/aromatic N) is 1. The number of epoxide rings is 1. The molecule has 0 aliphatic carbocycles. The van der Waals surface area contributed by atoms with E-state index in [9.17, 15) is 19.2 Å². The van der Waals surface area contributed by atoms with E-state index in [4.69, 9.17) is 14.0 Å². The van der Waals surface area contributed by atoms with Crippen LogP contribution in [-0.2, 0) is 23.9 Å². The van der Waals surface area contributed by atoms with E-state index in [2.05, 4.69) is 21.1 Å². The van der Waals surface area contributed by atoms with Gasteiger partial charge in [0.25, 0.3) is 5.91 Å². The Morgan fingerprint density at radius 2 is 1.77 bits per heavy atom. The summed E-state index contributed by atoms with van der Waals surface area (Å²) in [5.74, 6) is -1.48. The molecule has 1 fully saturated rings. The maximum atomic E-state index is 13.3. The molecule has 0 bridgehead atoms. The molecule has 3 N–H and O–H groups in total. The highest BCUT2D eigenvalue weighted by Crippen LogP contribution is 2.29. The minimum Gasteiger partial charge on any atom is -0.382 e. The van der Waals surface area contributed by atoms with Crippen molar-refractivity contribution in [1.29, 1.82) is 0 Å². The molecule has 2 heterocycles. The zero-order valence-corrected chi connectivity index (χ0v) is 21.6. The molecule has 5 atom stereocenters. The van der Waals surface area contributed by atoms with Crippen molar-refractivity contribution in [2.24, 2.45) is 11.8 Å². The van der Waals surface area contributed by atoms with Crippen LogP contribution in [0.15, 0.2) is 10.6 Å². The maximum absolute atomic E-state index is 13.3. The second-order valence-corrected chi connectivity index (χ2v) is 9.75. The van der Waals surface area contributed by atoms with Gasteiger partial charge in [0.2, 0.25) is 11.8 Å². The third-order valence-corrected chi connectivity index (χ3v) is 6.05. The van der Waals surface area contributed by atoms with Crippen molar-refractivity contribution in [3.05, 3.63) is 17.5 Å². The van der Waals surface area contributed by atoms with Crippen molar-refractivity contribution in [3.63, 3.8) is 0 Å². The van der Waals surface area contributed by atoms with Gasteiger partial charge in [-0.3, -0.25) is 19.2 Å². The van der Waals surface area contributed by atoms with Gasteiger partial charge in [-0.15, -0.1) is 0 Å². The third kappa shape index (κ3) is 7.86. The lowest BCUT2D eigenvalue weighted by Gasteiger charge is -2.29. The van der Waals surface area contributed by atoms with Gasteiger partial charge in [0.15, 0.2) is 11.5 Å². The number of Topliss-reactive ketones (excluding diaryl/α,β-unsaturated/α-hetero) is 1. The van der Waals surface area contributed by atoms with Gasteiger partial charge in [-0.25, -0.2) is 0 Å². The van der Waals surface area contributed by atoms with Crippen molar-refractivity contribution >= 4 is 23.5 Å². The van der Waals surface area contributed by atoms with E-state index < -0.39 is 41.4 Å². The van der Waals surface area contributed by atoms with E-state index in [0.717, 1.165) is 0 Å². The number of aromatic nitrogens is 1. The number of ether oxygens (including phenoxy) is 2. The van der Waals surface area contributed by atoms with Crippen LogP contribution in [0.2, 0.25) is 0 Å². The molecule has 0 unspecified atom stereocenters. The number of rotatable bonds is 14. The molecule has 3 amide bonds. The molecule has 0 spiro atoms. The molecule has 35 heavy (non-hydrogen) atoms. The number of hydrogen-bond acceptors (Lipinski definition) is 8. The number of aryl methyl sites for hydroxylation is 1. The summed E-state index contributed by atoms with van der Waals surface area (Å²) in [6, 6.07) is -1.28. The lowest BCUT2D eigenvalue weighted by Crippen LogP contribution is -2.59. The Kier molecular flexibility index (Phi) is 9.96. The predicted molar refractivity (Wildman–Crippen MR) is 127 cm³/mol. The summed E-state index contributed by atoms with van der Waals surface area (Å²) < 4.78 is 15.3. The topological polar surface area (TPSA) is 152 Å². The first-order valence-corrected chi connectivity index (χ1v) is 11.9. The van der Waals surface area contributed by atoms with E-state index in [1.807, 2.05) is 27.7 Å². The lowest BCUT2D eigenvalue weighted by atomic mass is 9.92. The van der Waals surface area contributed by atoms with E-state index >= 15 is 0 Å². The summed E-state index contributed by atoms with van der Waals surface area (Å²) in [5.41, 5.74) is -0.853. The quantitative estimate of drug-likeness (QED) is 0.326. The Hall–Kier alpha value is -2.79. The highest BCUT2D eigenvalue weighted by atomic mass is 16.6. The van der Waals surface area contributed by atoms with Crippen LogP contribution in [0.3, 0.4) is 0 Å². The summed E-state index contributed by atoms with van der Waals surface area (Å²) in [6.07, 6.45) is 1.05. The molecular weight excluding hydrogens is 456 g/mol. The van der Waals surface area contributed by atoms with Gasteiger partial charge in [-0.05, 0) is 32.1 Å². The Balaban J connectivity index is 2.14. The van der Waals surface area contributed by atoms with Crippen LogP contribution in [0, 0.1) is 18.8 Å². The van der Waals surface area contributed by atoms with Gasteiger partial charge in [0.1, 0.15) is 23.4 Å². The van der Waals surface area contributed by atoms with Gasteiger partial charge < -0.3 is 29.9 Å². The van der Waals surface area contributed by atoms with Crippen LogP contribution in [0.4, 0.5) is 0 Å². The monoisotopic (exact) mass is 494 g/mol. The number of ketones is 1. The third-order valence-electron chi connectivity index (χ3n) is 6.05. The molecule has 1 aliphatic rings. The van der Waals surface area contributed by atoms with E-state index in [-0.39, 0.29) is 29.9 Å². The summed E-state index contributed by atoms with van der Waals surface area (Å²) >= 11 is 0. The molecule has 1 aliphatic heterocycles. The minimum absolute atomic E-state index is 0.0263. The molecule has 196 valence electrons. The Labute approximate surface area is 206 Å². The first-order valence-electron chi connectivity index (χ1n) is 11.9. The SMILES string of the molecule is CC[C@H](C)[C@H](NC(=O)[C@H](COC)NC(=O)c1cc(C)on1)C(=O)N[C@@H](CC(C)C)C(=O)[C@@]1(C)CO1. The van der Waals surface area contributed by atoms with E-state index in [1.54, 1.807) is 13.8 Å². The van der Waals surface area contributed by atoms with Crippen LogP contribution < -0.4 is 16.0 Å². The Bertz CT molecular complexity index is 909. The molecule has 0 radical (unpaired) electrons. The first kappa shape index (κ1) is 28.4. The highest BCUT2D eigenvalue weighted by Gasteiger charge is 2.50. The molecule has 1 saturated heterocycles. The molecule has 2 rings (SSSR count). The standard InChI is InChI=1S/C24H38N4O7/c1-8-14(4)19(23(32)25-16(9-13(2)3)20(29)24(6)12-34-24)27-22(31)18(11-33-7)26-21(30)17-10-15(5)35-28-17/h10,13-14,16,18-19H,8-9,11-12H2,1-7H3,(H,25,32)(H,26,30)(H,27,31)/t14-,16-,18-,19-,24+/m0/s1. The van der Waals surface area contributed by atoms with Crippen LogP contribution in [-0.4, -0.2) is 72.7 Å². The van der Waals surface area contributed by atoms with Crippen LogP contribution in [0.5, 0.6) is 0 Å². The van der Waals surface area contributed by atoms with E-state index in [0.29, 0.717) is 25.2 Å². The molecule has 11 nitrogen and oxygen atoms in total. The maximum Gasteiger partial charge on any atom is 0.274 e. The normalized spacial score (nSPS) is 20.5. The van der Waals surface area contributed by atoms with Crippen LogP contribution in [0.1, 0.15) is 63.7 Å². The predicted octanol–water partition coefficient (Wildman–Crippen LogP) is 1.15. The van der Waals surface area contributed by atoms with Gasteiger partial charge in [0, 0.05) is 13.2 Å². The minimum atomic E-state index is -1.07. The lowest BCUT2D eigenvalue weighted by molar-refractivity contribution is -0.134. The van der Waals surface area contributed by atoms with Crippen molar-refractivity contribution in [2.45, 2.75) is 78.1 Å². The number of methoxy groups -OCH3 is 1. The number of amides is 3. The zero-order valence-electron chi connectivity index (χ0n) is 21.6. The number of hydrogen-bond donors (Lipinski definition) is 3. The Morgan fingerprint density at radius 3 is 2.26 bits per heavy atom. The number of nitrogens with one attached hydrogen (secondary N) is 3. The second kappa shape index (κ2) is 12.3. The first-order chi connectivity index (χ1) is 16.4. The van der Waals surface area contributed by atoms with Crippen LogP contribution in [0.25, 0.3) is 0 Å². The second-order valence-electron chi connectivity index (χ2n) is 9.75. The van der Waals surface area contributed by atoms with Gasteiger partial charge >= 0.3 is 0 Å². The molecule has 11 heteroatoms. The molecular formula is C24H38N4O7. The molecule has 1 aromatic rings. The van der Waals surface area contributed by atoms with Crippen molar-refractivity contribution < 1.29 is 33.2 Å². The average molecular weight is 495 g/mol. The van der Waals surface area contributed by atoms with Crippen LogP contribution >= 0.6 is 0 Å². The number of carbonyl (C=O) groups excluding carboxylic acids is 4. The molecule has 0 aromatic carbocycles. The molecule has 1 aromatic heterocycles. The summed E-state index contributed by atoms with van der Waals surface area (Å²) in [4.78, 5) is 51.8. The van der Waals surface area contributed by atoms with Gasteiger partial charge in [-0.2, -0.15) is 0 Å². The van der Waals surface area contributed by atoms with Gasteiger partial charge in [-0.1, -0.05) is 39.3 Å². The fraction of sp³-hybridized carbons (Fsp3) is 0.708. The average Bonchev–Trinajstić information content (AvgIpc) is 3.40. The fourth-order valence-corrected chi connectivity index (χ4v) is 3.59. The van der Waals surface area contributed by atoms with Gasteiger partial charge in [0.05, 0.1) is 19.3 Å².